The summed E-state index contributed by atoms with van der Waals surface area (Å²) in [6, 6.07) is 15.6. The van der Waals surface area contributed by atoms with Gasteiger partial charge < -0.3 is 9.63 Å². The van der Waals surface area contributed by atoms with Crippen LogP contribution in [0.5, 0.6) is 0 Å². The van der Waals surface area contributed by atoms with E-state index in [2.05, 4.69) is 15.2 Å². The normalized spacial score (nSPS) is 12.8. The van der Waals surface area contributed by atoms with Gasteiger partial charge in [0.15, 0.2) is 5.69 Å². The van der Waals surface area contributed by atoms with Gasteiger partial charge >= 0.3 is 5.51 Å². The van der Waals surface area contributed by atoms with Crippen molar-refractivity contribution < 1.29 is 22.8 Å². The third-order valence-corrected chi connectivity index (χ3v) is 5.57. The fraction of sp³-hybridized carbons (Fsp3) is 0.261. The van der Waals surface area contributed by atoms with Gasteiger partial charge in [0.2, 0.25) is 5.82 Å². The van der Waals surface area contributed by atoms with Gasteiger partial charge in [-0.05, 0) is 73.5 Å². The molecular formula is C23H21F3N4O2S. The van der Waals surface area contributed by atoms with Gasteiger partial charge in [0.1, 0.15) is 0 Å². The van der Waals surface area contributed by atoms with E-state index in [0.717, 1.165) is 16.8 Å². The molecule has 4 aromatic rings. The lowest BCUT2D eigenvalue weighted by Crippen LogP contribution is -2.07. The number of aromatic nitrogens is 4. The van der Waals surface area contributed by atoms with Gasteiger partial charge in [0, 0.05) is 16.2 Å². The molecule has 2 heterocycles. The molecule has 1 unspecified atom stereocenters. The highest BCUT2D eigenvalue weighted by Crippen LogP contribution is 2.37. The molecule has 1 atom stereocenters. The smallest absolute Gasteiger partial charge is 0.393 e. The van der Waals surface area contributed by atoms with E-state index in [1.807, 2.05) is 41.9 Å². The van der Waals surface area contributed by atoms with Crippen LogP contribution in [-0.4, -0.2) is 36.6 Å². The lowest BCUT2D eigenvalue weighted by molar-refractivity contribution is -0.0328. The Bertz CT molecular complexity index is 1230. The maximum Gasteiger partial charge on any atom is 0.446 e. The van der Waals surface area contributed by atoms with Crippen LogP contribution in [0.25, 0.3) is 23.0 Å². The number of alkyl halides is 3. The number of aliphatic hydroxyl groups excluding tert-OH is 1. The summed E-state index contributed by atoms with van der Waals surface area (Å²) in [6.45, 7) is 4.22. The van der Waals surface area contributed by atoms with Gasteiger partial charge in [-0.3, -0.25) is 4.68 Å². The van der Waals surface area contributed by atoms with Crippen molar-refractivity contribution >= 4 is 11.8 Å². The van der Waals surface area contributed by atoms with Gasteiger partial charge in [0.05, 0.1) is 12.6 Å². The lowest BCUT2D eigenvalue weighted by atomic mass is 10.1. The average Bonchev–Trinajstić information content (AvgIpc) is 3.35. The van der Waals surface area contributed by atoms with E-state index in [9.17, 15) is 18.3 Å². The van der Waals surface area contributed by atoms with Crippen molar-refractivity contribution in [2.45, 2.75) is 43.3 Å². The molecule has 0 fully saturated rings. The fourth-order valence-corrected chi connectivity index (χ4v) is 3.93. The van der Waals surface area contributed by atoms with Crippen LogP contribution >= 0.6 is 11.8 Å². The summed E-state index contributed by atoms with van der Waals surface area (Å²) in [6.07, 6.45) is 0.169. The molecule has 0 aliphatic rings. The number of hydrogen-bond donors (Lipinski definition) is 1. The molecule has 0 aliphatic carbocycles. The molecule has 2 aromatic heterocycles. The van der Waals surface area contributed by atoms with Crippen LogP contribution in [0.15, 0.2) is 64.0 Å². The average molecular weight is 475 g/mol. The second-order valence-corrected chi connectivity index (χ2v) is 8.84. The molecule has 0 radical (unpaired) electrons. The Morgan fingerprint density at radius 1 is 1.09 bits per heavy atom. The molecule has 4 rings (SSSR count). The number of rotatable bonds is 7. The van der Waals surface area contributed by atoms with Crippen molar-refractivity contribution in [1.82, 2.24) is 19.9 Å². The fourth-order valence-electron chi connectivity index (χ4n) is 3.39. The monoisotopic (exact) mass is 474 g/mol. The Hall–Kier alpha value is -3.11. The molecule has 0 bridgehead atoms. The summed E-state index contributed by atoms with van der Waals surface area (Å²) in [7, 11) is 0. The van der Waals surface area contributed by atoms with Crippen LogP contribution in [-0.2, 0) is 13.0 Å². The van der Waals surface area contributed by atoms with Gasteiger partial charge in [-0.25, -0.2) is 0 Å². The van der Waals surface area contributed by atoms with Crippen molar-refractivity contribution in [1.29, 1.82) is 0 Å². The third-order valence-electron chi connectivity index (χ3n) is 4.83. The lowest BCUT2D eigenvalue weighted by Gasteiger charge is -2.08. The van der Waals surface area contributed by atoms with Gasteiger partial charge in [-0.2, -0.15) is 23.3 Å². The number of aliphatic hydroxyl groups is 1. The minimum Gasteiger partial charge on any atom is -0.393 e. The van der Waals surface area contributed by atoms with Crippen molar-refractivity contribution in [2.75, 3.05) is 0 Å². The summed E-state index contributed by atoms with van der Waals surface area (Å²) in [5.41, 5.74) is -0.282. The molecule has 0 amide bonds. The summed E-state index contributed by atoms with van der Waals surface area (Å²) in [5, 5.41) is 18.1. The Morgan fingerprint density at radius 3 is 2.52 bits per heavy atom. The zero-order valence-corrected chi connectivity index (χ0v) is 18.7. The number of hydrogen-bond acceptors (Lipinski definition) is 6. The first-order valence-corrected chi connectivity index (χ1v) is 11.0. The zero-order chi connectivity index (χ0) is 23.6. The van der Waals surface area contributed by atoms with Crippen LogP contribution in [0.4, 0.5) is 13.2 Å². The standard InChI is InChI=1S/C23H21F3N4O2S/c1-14-10-20(28-30(14)13-17-5-3-4-16(12-17)11-15(2)31)22-27-21(29-32-22)18-6-8-19(9-7-18)33-23(24,25)26/h3-10,12,15,31H,11,13H2,1-2H3. The first-order valence-electron chi connectivity index (χ1n) is 10.2. The minimum atomic E-state index is -4.34. The van der Waals surface area contributed by atoms with Crippen molar-refractivity contribution in [3.8, 4) is 23.0 Å². The highest BCUT2D eigenvalue weighted by molar-refractivity contribution is 8.00. The number of thioether (sulfide) groups is 1. The summed E-state index contributed by atoms with van der Waals surface area (Å²) in [5.74, 6) is 0.495. The number of nitrogens with zero attached hydrogens (tertiary/aromatic N) is 4. The number of benzene rings is 2. The van der Waals surface area contributed by atoms with Crippen molar-refractivity contribution in [2.24, 2.45) is 0 Å². The van der Waals surface area contributed by atoms with Crippen molar-refractivity contribution in [3.63, 3.8) is 0 Å². The number of halogens is 3. The predicted molar refractivity (Wildman–Crippen MR) is 119 cm³/mol. The summed E-state index contributed by atoms with van der Waals surface area (Å²) >= 11 is -0.174. The first kappa shape index (κ1) is 23.1. The Morgan fingerprint density at radius 2 is 1.82 bits per heavy atom. The Balaban J connectivity index is 1.50. The van der Waals surface area contributed by atoms with Crippen LogP contribution in [0.2, 0.25) is 0 Å². The maximum absolute atomic E-state index is 12.5. The van der Waals surface area contributed by atoms with Gasteiger partial charge in [-0.15, -0.1) is 0 Å². The molecule has 172 valence electrons. The van der Waals surface area contributed by atoms with Crippen LogP contribution in [0.3, 0.4) is 0 Å². The summed E-state index contributed by atoms with van der Waals surface area (Å²) < 4.78 is 44.7. The largest absolute Gasteiger partial charge is 0.446 e. The molecule has 10 heteroatoms. The molecular weight excluding hydrogens is 453 g/mol. The van der Waals surface area contributed by atoms with E-state index >= 15 is 0 Å². The molecule has 2 aromatic carbocycles. The molecule has 0 aliphatic heterocycles. The highest BCUT2D eigenvalue weighted by atomic mass is 32.2. The molecule has 6 nitrogen and oxygen atoms in total. The highest BCUT2D eigenvalue weighted by Gasteiger charge is 2.29. The van der Waals surface area contributed by atoms with E-state index in [1.165, 1.54) is 24.3 Å². The second-order valence-electron chi connectivity index (χ2n) is 7.70. The topological polar surface area (TPSA) is 77.0 Å². The van der Waals surface area contributed by atoms with Gasteiger partial charge in [-0.1, -0.05) is 29.4 Å². The quantitative estimate of drug-likeness (QED) is 0.357. The maximum atomic E-state index is 12.5. The third kappa shape index (κ3) is 6.02. The first-order chi connectivity index (χ1) is 15.7. The van der Waals surface area contributed by atoms with Crippen molar-refractivity contribution in [3.05, 3.63) is 71.4 Å². The van der Waals surface area contributed by atoms with E-state index < -0.39 is 11.6 Å². The van der Waals surface area contributed by atoms with Crippen LogP contribution in [0.1, 0.15) is 23.7 Å². The molecule has 0 saturated heterocycles. The van der Waals surface area contributed by atoms with Gasteiger partial charge in [0.25, 0.3) is 5.89 Å². The molecule has 0 saturated carbocycles. The molecule has 33 heavy (non-hydrogen) atoms. The van der Waals surface area contributed by atoms with E-state index in [4.69, 9.17) is 4.52 Å². The number of aryl methyl sites for hydroxylation is 1. The van der Waals surface area contributed by atoms with Crippen LogP contribution in [0, 0.1) is 6.92 Å². The van der Waals surface area contributed by atoms with Crippen LogP contribution < -0.4 is 0 Å². The van der Waals surface area contributed by atoms with E-state index in [-0.39, 0.29) is 28.4 Å². The van der Waals surface area contributed by atoms with E-state index in [1.54, 1.807) is 6.92 Å². The Kier molecular flexibility index (Phi) is 6.57. The Labute approximate surface area is 192 Å². The zero-order valence-electron chi connectivity index (χ0n) is 17.9. The minimum absolute atomic E-state index is 0.0850. The predicted octanol–water partition coefficient (Wildman–Crippen LogP) is 5.49. The molecule has 0 spiro atoms. The SMILES string of the molecule is Cc1cc(-c2nc(-c3ccc(SC(F)(F)F)cc3)no2)nn1Cc1cccc(CC(C)O)c1. The second kappa shape index (κ2) is 9.40. The van der Waals surface area contributed by atoms with E-state index in [0.29, 0.717) is 24.2 Å². The molecule has 1 N–H and O–H groups in total. The summed E-state index contributed by atoms with van der Waals surface area (Å²) in [4.78, 5) is 4.44.